The molecular formula is C9H9NO2. The summed E-state index contributed by atoms with van der Waals surface area (Å²) in [6, 6.07) is 3.78. The van der Waals surface area contributed by atoms with E-state index in [9.17, 15) is 4.79 Å². The molecule has 2 rings (SSSR count). The van der Waals surface area contributed by atoms with Gasteiger partial charge in [-0.05, 0) is 12.5 Å². The first-order valence-electron chi connectivity index (χ1n) is 3.95. The maximum absolute atomic E-state index is 10.8. The summed E-state index contributed by atoms with van der Waals surface area (Å²) in [5.41, 5.74) is 0.989. The fraction of sp³-hybridized carbons (Fsp3) is 0.333. The number of carbonyl (C=O) groups excluding carboxylic acids is 1. The van der Waals surface area contributed by atoms with Gasteiger partial charge in [-0.25, -0.2) is 0 Å². The molecule has 12 heavy (non-hydrogen) atoms. The molecule has 0 spiro atoms. The maximum Gasteiger partial charge on any atom is 0.306 e. The van der Waals surface area contributed by atoms with E-state index in [-0.39, 0.29) is 12.1 Å². The van der Waals surface area contributed by atoms with E-state index >= 15 is 0 Å². The summed E-state index contributed by atoms with van der Waals surface area (Å²) in [6.45, 7) is 0. The van der Waals surface area contributed by atoms with E-state index in [1.807, 2.05) is 12.1 Å². The lowest BCUT2D eigenvalue weighted by molar-refractivity contribution is -0.141. The van der Waals surface area contributed by atoms with Crippen molar-refractivity contribution in [2.24, 2.45) is 0 Å². The molecule has 1 aliphatic rings. The van der Waals surface area contributed by atoms with Crippen molar-refractivity contribution in [2.45, 2.75) is 18.9 Å². The number of hydrogen-bond acceptors (Lipinski definition) is 3. The second-order valence-electron chi connectivity index (χ2n) is 2.80. The fourth-order valence-electron chi connectivity index (χ4n) is 1.33. The SMILES string of the molecule is O=C1CC[C@@H](c2cccnc2)O1. The molecule has 0 aromatic carbocycles. The van der Waals surface area contributed by atoms with Crippen LogP contribution in [0, 0.1) is 0 Å². The summed E-state index contributed by atoms with van der Waals surface area (Å²) >= 11 is 0. The van der Waals surface area contributed by atoms with E-state index in [2.05, 4.69) is 4.98 Å². The number of aromatic nitrogens is 1. The van der Waals surface area contributed by atoms with Crippen LogP contribution in [-0.4, -0.2) is 11.0 Å². The topological polar surface area (TPSA) is 39.2 Å². The number of ether oxygens (including phenoxy) is 1. The highest BCUT2D eigenvalue weighted by molar-refractivity contribution is 5.71. The minimum Gasteiger partial charge on any atom is -0.457 e. The molecule has 0 aliphatic carbocycles. The minimum absolute atomic E-state index is 0.0637. The maximum atomic E-state index is 10.8. The van der Waals surface area contributed by atoms with Gasteiger partial charge in [0, 0.05) is 24.4 Å². The standard InChI is InChI=1S/C9H9NO2/c11-9-4-3-8(12-9)7-2-1-5-10-6-7/h1-2,5-6,8H,3-4H2/t8-/m0/s1. The zero-order valence-electron chi connectivity index (χ0n) is 6.56. The largest absolute Gasteiger partial charge is 0.457 e. The average molecular weight is 163 g/mol. The Kier molecular flexibility index (Phi) is 1.78. The van der Waals surface area contributed by atoms with Crippen molar-refractivity contribution in [2.75, 3.05) is 0 Å². The van der Waals surface area contributed by atoms with Crippen molar-refractivity contribution in [3.63, 3.8) is 0 Å². The molecule has 0 bridgehead atoms. The van der Waals surface area contributed by atoms with Crippen molar-refractivity contribution in [3.8, 4) is 0 Å². The summed E-state index contributed by atoms with van der Waals surface area (Å²) < 4.78 is 5.07. The highest BCUT2D eigenvalue weighted by Gasteiger charge is 2.24. The van der Waals surface area contributed by atoms with E-state index in [0.29, 0.717) is 6.42 Å². The summed E-state index contributed by atoms with van der Waals surface area (Å²) in [5.74, 6) is -0.108. The lowest BCUT2D eigenvalue weighted by Crippen LogP contribution is -1.98. The molecule has 1 fully saturated rings. The number of carbonyl (C=O) groups is 1. The molecule has 3 heteroatoms. The molecule has 1 atom stereocenters. The Balaban J connectivity index is 2.16. The van der Waals surface area contributed by atoms with Crippen LogP contribution in [0.25, 0.3) is 0 Å². The van der Waals surface area contributed by atoms with Gasteiger partial charge in [-0.3, -0.25) is 9.78 Å². The first-order chi connectivity index (χ1) is 5.86. The average Bonchev–Trinajstić information content (AvgIpc) is 2.54. The lowest BCUT2D eigenvalue weighted by atomic mass is 10.1. The summed E-state index contributed by atoms with van der Waals surface area (Å²) in [4.78, 5) is 14.7. The quantitative estimate of drug-likeness (QED) is 0.588. The second kappa shape index (κ2) is 2.93. The Morgan fingerprint density at radius 1 is 1.58 bits per heavy atom. The number of nitrogens with zero attached hydrogens (tertiary/aromatic N) is 1. The molecule has 0 N–H and O–H groups in total. The zero-order valence-corrected chi connectivity index (χ0v) is 6.56. The van der Waals surface area contributed by atoms with E-state index in [0.717, 1.165) is 12.0 Å². The zero-order chi connectivity index (χ0) is 8.39. The summed E-state index contributed by atoms with van der Waals surface area (Å²) in [7, 11) is 0. The predicted octanol–water partition coefficient (Wildman–Crippen LogP) is 1.46. The Hall–Kier alpha value is -1.38. The third kappa shape index (κ3) is 1.30. The molecule has 0 saturated carbocycles. The second-order valence-corrected chi connectivity index (χ2v) is 2.80. The lowest BCUT2D eigenvalue weighted by Gasteiger charge is -2.07. The van der Waals surface area contributed by atoms with Gasteiger partial charge in [0.2, 0.25) is 0 Å². The van der Waals surface area contributed by atoms with Crippen molar-refractivity contribution < 1.29 is 9.53 Å². The van der Waals surface area contributed by atoms with Crippen molar-refractivity contribution in [3.05, 3.63) is 30.1 Å². The highest BCUT2D eigenvalue weighted by atomic mass is 16.5. The molecular weight excluding hydrogens is 154 g/mol. The molecule has 1 aromatic heterocycles. The molecule has 1 aromatic rings. The van der Waals surface area contributed by atoms with Crippen molar-refractivity contribution >= 4 is 5.97 Å². The van der Waals surface area contributed by atoms with Gasteiger partial charge in [0.25, 0.3) is 0 Å². The van der Waals surface area contributed by atoms with Crippen LogP contribution in [0.1, 0.15) is 24.5 Å². The molecule has 0 unspecified atom stereocenters. The van der Waals surface area contributed by atoms with Crippen molar-refractivity contribution in [1.82, 2.24) is 4.98 Å². The molecule has 1 saturated heterocycles. The Labute approximate surface area is 70.4 Å². The van der Waals surface area contributed by atoms with Gasteiger partial charge in [0.15, 0.2) is 0 Å². The van der Waals surface area contributed by atoms with Crippen LogP contribution in [0.3, 0.4) is 0 Å². The van der Waals surface area contributed by atoms with Crippen LogP contribution in [-0.2, 0) is 9.53 Å². The first kappa shape index (κ1) is 7.28. The van der Waals surface area contributed by atoms with Crippen LogP contribution in [0.4, 0.5) is 0 Å². The Bertz CT molecular complexity index is 284. The Morgan fingerprint density at radius 2 is 2.50 bits per heavy atom. The van der Waals surface area contributed by atoms with Gasteiger partial charge in [-0.2, -0.15) is 0 Å². The minimum atomic E-state index is -0.108. The van der Waals surface area contributed by atoms with E-state index in [1.165, 1.54) is 0 Å². The van der Waals surface area contributed by atoms with Crippen molar-refractivity contribution in [1.29, 1.82) is 0 Å². The van der Waals surface area contributed by atoms with Gasteiger partial charge in [-0.15, -0.1) is 0 Å². The van der Waals surface area contributed by atoms with Gasteiger partial charge in [0.1, 0.15) is 6.10 Å². The molecule has 1 aliphatic heterocycles. The predicted molar refractivity (Wildman–Crippen MR) is 42.3 cm³/mol. The van der Waals surface area contributed by atoms with Crippen LogP contribution < -0.4 is 0 Å². The van der Waals surface area contributed by atoms with Crippen LogP contribution >= 0.6 is 0 Å². The molecule has 3 nitrogen and oxygen atoms in total. The monoisotopic (exact) mass is 163 g/mol. The number of cyclic esters (lactones) is 1. The van der Waals surface area contributed by atoms with E-state index in [4.69, 9.17) is 4.74 Å². The van der Waals surface area contributed by atoms with Gasteiger partial charge in [0.05, 0.1) is 0 Å². The van der Waals surface area contributed by atoms with Gasteiger partial charge >= 0.3 is 5.97 Å². The van der Waals surface area contributed by atoms with E-state index in [1.54, 1.807) is 12.4 Å². The molecule has 0 radical (unpaired) electrons. The van der Waals surface area contributed by atoms with E-state index < -0.39 is 0 Å². The van der Waals surface area contributed by atoms with Gasteiger partial charge in [-0.1, -0.05) is 6.07 Å². The normalized spacial score (nSPS) is 22.3. The van der Waals surface area contributed by atoms with Crippen LogP contribution in [0.15, 0.2) is 24.5 Å². The van der Waals surface area contributed by atoms with Crippen LogP contribution in [0.2, 0.25) is 0 Å². The smallest absolute Gasteiger partial charge is 0.306 e. The number of rotatable bonds is 1. The number of pyridine rings is 1. The van der Waals surface area contributed by atoms with Gasteiger partial charge < -0.3 is 4.74 Å². The third-order valence-electron chi connectivity index (χ3n) is 1.94. The number of esters is 1. The summed E-state index contributed by atoms with van der Waals surface area (Å²) in [5, 5.41) is 0. The molecule has 0 amide bonds. The highest BCUT2D eigenvalue weighted by Crippen LogP contribution is 2.28. The molecule has 62 valence electrons. The first-order valence-corrected chi connectivity index (χ1v) is 3.95. The Morgan fingerprint density at radius 3 is 3.08 bits per heavy atom. The molecule has 2 heterocycles. The fourth-order valence-corrected chi connectivity index (χ4v) is 1.33. The number of hydrogen-bond donors (Lipinski definition) is 0. The third-order valence-corrected chi connectivity index (χ3v) is 1.94. The van der Waals surface area contributed by atoms with Crippen LogP contribution in [0.5, 0.6) is 0 Å². The summed E-state index contributed by atoms with van der Waals surface area (Å²) in [6.07, 6.45) is 4.69.